The predicted molar refractivity (Wildman–Crippen MR) is 68.1 cm³/mol. The molecule has 0 saturated heterocycles. The van der Waals surface area contributed by atoms with Gasteiger partial charge in [-0.25, -0.2) is 0 Å². The van der Waals surface area contributed by atoms with Crippen molar-refractivity contribution in [1.29, 1.82) is 0 Å². The van der Waals surface area contributed by atoms with Crippen LogP contribution in [0, 0.1) is 6.92 Å². The third-order valence-corrected chi connectivity index (χ3v) is 2.90. The SMILES string of the molecule is COc1ccc(C(N)CCC(=O)O)c(C)c1OC. The molecule has 0 bridgehead atoms. The first-order valence-corrected chi connectivity index (χ1v) is 5.70. The fraction of sp³-hybridized carbons (Fsp3) is 0.462. The topological polar surface area (TPSA) is 81.8 Å². The van der Waals surface area contributed by atoms with Crippen LogP contribution in [0.5, 0.6) is 11.5 Å². The standard InChI is InChI=1S/C13H19NO4/c1-8-9(10(14)5-7-12(15)16)4-6-11(17-2)13(8)18-3/h4,6,10H,5,7,14H2,1-3H3,(H,15,16). The van der Waals surface area contributed by atoms with E-state index < -0.39 is 5.97 Å². The number of ether oxygens (including phenoxy) is 2. The summed E-state index contributed by atoms with van der Waals surface area (Å²) in [6.07, 6.45) is 0.445. The Kier molecular flexibility index (Phi) is 4.97. The molecule has 0 aliphatic carbocycles. The van der Waals surface area contributed by atoms with Crippen LogP contribution in [-0.4, -0.2) is 25.3 Å². The van der Waals surface area contributed by atoms with E-state index >= 15 is 0 Å². The molecule has 0 spiro atoms. The summed E-state index contributed by atoms with van der Waals surface area (Å²) in [5, 5.41) is 8.66. The molecule has 1 rings (SSSR count). The Morgan fingerprint density at radius 2 is 2.06 bits per heavy atom. The van der Waals surface area contributed by atoms with Gasteiger partial charge in [-0.1, -0.05) is 6.07 Å². The lowest BCUT2D eigenvalue weighted by Gasteiger charge is -2.18. The Labute approximate surface area is 107 Å². The number of benzene rings is 1. The van der Waals surface area contributed by atoms with Crippen molar-refractivity contribution < 1.29 is 19.4 Å². The number of carboxylic acid groups (broad SMARTS) is 1. The zero-order valence-electron chi connectivity index (χ0n) is 10.9. The number of nitrogens with two attached hydrogens (primary N) is 1. The molecular formula is C13H19NO4. The van der Waals surface area contributed by atoms with Gasteiger partial charge in [-0.15, -0.1) is 0 Å². The second kappa shape index (κ2) is 6.26. The first-order chi connectivity index (χ1) is 8.51. The predicted octanol–water partition coefficient (Wildman–Crippen LogP) is 1.88. The molecule has 0 heterocycles. The highest BCUT2D eigenvalue weighted by molar-refractivity contribution is 5.66. The van der Waals surface area contributed by atoms with Crippen LogP contribution in [0.4, 0.5) is 0 Å². The molecule has 1 atom stereocenters. The van der Waals surface area contributed by atoms with E-state index in [9.17, 15) is 4.79 Å². The summed E-state index contributed by atoms with van der Waals surface area (Å²) in [4.78, 5) is 10.5. The van der Waals surface area contributed by atoms with Gasteiger partial charge in [0.05, 0.1) is 14.2 Å². The molecule has 1 aromatic carbocycles. The van der Waals surface area contributed by atoms with Crippen LogP contribution < -0.4 is 15.2 Å². The number of aliphatic carboxylic acids is 1. The summed E-state index contributed by atoms with van der Waals surface area (Å²) in [5.74, 6) is 0.438. The van der Waals surface area contributed by atoms with Crippen LogP contribution in [0.25, 0.3) is 0 Å². The van der Waals surface area contributed by atoms with Crippen molar-refractivity contribution in [2.75, 3.05) is 14.2 Å². The fourth-order valence-corrected chi connectivity index (χ4v) is 1.93. The van der Waals surface area contributed by atoms with Crippen molar-refractivity contribution in [2.45, 2.75) is 25.8 Å². The maximum Gasteiger partial charge on any atom is 0.303 e. The molecule has 0 fully saturated rings. The molecule has 5 nitrogen and oxygen atoms in total. The van der Waals surface area contributed by atoms with Crippen LogP contribution >= 0.6 is 0 Å². The van der Waals surface area contributed by atoms with E-state index in [0.717, 1.165) is 11.1 Å². The lowest BCUT2D eigenvalue weighted by molar-refractivity contribution is -0.137. The molecule has 1 aromatic rings. The smallest absolute Gasteiger partial charge is 0.303 e. The molecule has 5 heteroatoms. The zero-order chi connectivity index (χ0) is 13.7. The minimum atomic E-state index is -0.844. The van der Waals surface area contributed by atoms with Gasteiger partial charge < -0.3 is 20.3 Å². The van der Waals surface area contributed by atoms with Gasteiger partial charge in [0.1, 0.15) is 0 Å². The van der Waals surface area contributed by atoms with Crippen molar-refractivity contribution in [2.24, 2.45) is 5.73 Å². The maximum atomic E-state index is 10.5. The number of rotatable bonds is 6. The number of carbonyl (C=O) groups is 1. The number of methoxy groups -OCH3 is 2. The normalized spacial score (nSPS) is 12.0. The molecule has 0 aliphatic heterocycles. The van der Waals surface area contributed by atoms with Gasteiger partial charge in [0, 0.05) is 12.5 Å². The Balaban J connectivity index is 2.99. The van der Waals surface area contributed by atoms with E-state index in [1.54, 1.807) is 20.3 Å². The minimum absolute atomic E-state index is 0.0505. The van der Waals surface area contributed by atoms with Crippen LogP contribution in [0.1, 0.15) is 30.0 Å². The minimum Gasteiger partial charge on any atom is -0.493 e. The zero-order valence-corrected chi connectivity index (χ0v) is 10.9. The van der Waals surface area contributed by atoms with Crippen molar-refractivity contribution >= 4 is 5.97 Å². The van der Waals surface area contributed by atoms with Crippen molar-refractivity contribution in [3.8, 4) is 11.5 Å². The third-order valence-electron chi connectivity index (χ3n) is 2.90. The van der Waals surface area contributed by atoms with E-state index in [4.69, 9.17) is 20.3 Å². The molecule has 3 N–H and O–H groups in total. The molecule has 0 saturated carbocycles. The highest BCUT2D eigenvalue weighted by Crippen LogP contribution is 2.35. The number of carboxylic acids is 1. The highest BCUT2D eigenvalue weighted by atomic mass is 16.5. The van der Waals surface area contributed by atoms with Crippen LogP contribution in [0.2, 0.25) is 0 Å². The summed E-state index contributed by atoms with van der Waals surface area (Å²) in [6.45, 7) is 1.89. The van der Waals surface area contributed by atoms with Gasteiger partial charge in [0.2, 0.25) is 0 Å². The van der Waals surface area contributed by atoms with Crippen LogP contribution in [0.3, 0.4) is 0 Å². The van der Waals surface area contributed by atoms with Crippen molar-refractivity contribution in [3.63, 3.8) is 0 Å². The lowest BCUT2D eigenvalue weighted by Crippen LogP contribution is -2.14. The lowest BCUT2D eigenvalue weighted by atomic mass is 9.97. The average Bonchev–Trinajstić information content (AvgIpc) is 2.35. The highest BCUT2D eigenvalue weighted by Gasteiger charge is 2.16. The Morgan fingerprint density at radius 3 is 2.56 bits per heavy atom. The molecule has 1 unspecified atom stereocenters. The Morgan fingerprint density at radius 1 is 1.39 bits per heavy atom. The quantitative estimate of drug-likeness (QED) is 0.808. The van der Waals surface area contributed by atoms with Crippen molar-refractivity contribution in [1.82, 2.24) is 0 Å². The van der Waals surface area contributed by atoms with E-state index in [1.165, 1.54) is 0 Å². The van der Waals surface area contributed by atoms with Crippen molar-refractivity contribution in [3.05, 3.63) is 23.3 Å². The van der Waals surface area contributed by atoms with Gasteiger partial charge in [-0.05, 0) is 30.5 Å². The summed E-state index contributed by atoms with van der Waals surface area (Å²) >= 11 is 0. The Hall–Kier alpha value is -1.75. The van der Waals surface area contributed by atoms with Gasteiger partial charge in [0.25, 0.3) is 0 Å². The number of hydrogen-bond donors (Lipinski definition) is 2. The molecule has 100 valence electrons. The Bertz CT molecular complexity index is 431. The van der Waals surface area contributed by atoms with Gasteiger partial charge in [-0.2, -0.15) is 0 Å². The molecular weight excluding hydrogens is 234 g/mol. The van der Waals surface area contributed by atoms with E-state index in [-0.39, 0.29) is 12.5 Å². The number of hydrogen-bond acceptors (Lipinski definition) is 4. The summed E-state index contributed by atoms with van der Waals surface area (Å²) in [6, 6.07) is 3.31. The van der Waals surface area contributed by atoms with E-state index in [0.29, 0.717) is 17.9 Å². The summed E-state index contributed by atoms with van der Waals surface area (Å²) < 4.78 is 10.5. The fourth-order valence-electron chi connectivity index (χ4n) is 1.93. The van der Waals surface area contributed by atoms with E-state index in [1.807, 2.05) is 13.0 Å². The van der Waals surface area contributed by atoms with Crippen LogP contribution in [-0.2, 0) is 4.79 Å². The summed E-state index contributed by atoms with van der Waals surface area (Å²) in [5.41, 5.74) is 7.77. The van der Waals surface area contributed by atoms with E-state index in [2.05, 4.69) is 0 Å². The van der Waals surface area contributed by atoms with Gasteiger partial charge in [0.15, 0.2) is 11.5 Å². The largest absolute Gasteiger partial charge is 0.493 e. The van der Waals surface area contributed by atoms with Crippen LogP contribution in [0.15, 0.2) is 12.1 Å². The summed E-state index contributed by atoms with van der Waals surface area (Å²) in [7, 11) is 3.14. The molecule has 0 radical (unpaired) electrons. The molecule has 0 amide bonds. The van der Waals surface area contributed by atoms with Gasteiger partial charge in [-0.3, -0.25) is 4.79 Å². The average molecular weight is 253 g/mol. The molecule has 0 aliphatic rings. The molecule has 0 aromatic heterocycles. The first-order valence-electron chi connectivity index (χ1n) is 5.70. The maximum absolute atomic E-state index is 10.5. The monoisotopic (exact) mass is 253 g/mol. The second-order valence-electron chi connectivity index (χ2n) is 4.05. The third kappa shape index (κ3) is 3.13. The second-order valence-corrected chi connectivity index (χ2v) is 4.05. The first kappa shape index (κ1) is 14.3. The molecule has 18 heavy (non-hydrogen) atoms. The van der Waals surface area contributed by atoms with Gasteiger partial charge >= 0.3 is 5.97 Å².